The van der Waals surface area contributed by atoms with Gasteiger partial charge in [0.25, 0.3) is 0 Å². The highest BCUT2D eigenvalue weighted by molar-refractivity contribution is 7.88. The summed E-state index contributed by atoms with van der Waals surface area (Å²) in [5.41, 5.74) is 7.15. The largest absolute Gasteiger partial charge is 0.395 e. The maximum Gasteiger partial charge on any atom is 0.218 e. The van der Waals surface area contributed by atoms with E-state index in [2.05, 4.69) is 0 Å². The van der Waals surface area contributed by atoms with Gasteiger partial charge in [-0.25, -0.2) is 8.42 Å². The van der Waals surface area contributed by atoms with Gasteiger partial charge in [0.05, 0.1) is 12.4 Å². The van der Waals surface area contributed by atoms with E-state index in [0.29, 0.717) is 18.7 Å². The molecule has 5 nitrogen and oxygen atoms in total. The Morgan fingerprint density at radius 1 is 1.33 bits per heavy atom. The van der Waals surface area contributed by atoms with Crippen molar-refractivity contribution in [2.45, 2.75) is 19.2 Å². The van der Waals surface area contributed by atoms with Gasteiger partial charge in [0, 0.05) is 19.6 Å². The number of nitrogens with two attached hydrogens (primary N) is 1. The number of sulfonamides is 1. The van der Waals surface area contributed by atoms with Crippen molar-refractivity contribution < 1.29 is 13.5 Å². The standard InChI is InChI=1S/C12H20N2O3S/c1-2-14(6-7-15)18(16,17)10-12-5-3-4-11(8-12)9-13/h3-5,8,15H,2,6-7,9-10,13H2,1H3. The molecule has 0 unspecified atom stereocenters. The van der Waals surface area contributed by atoms with E-state index in [0.717, 1.165) is 5.56 Å². The molecule has 6 heteroatoms. The van der Waals surface area contributed by atoms with Crippen molar-refractivity contribution >= 4 is 10.0 Å². The highest BCUT2D eigenvalue weighted by Gasteiger charge is 2.20. The molecule has 0 saturated carbocycles. The van der Waals surface area contributed by atoms with Gasteiger partial charge >= 0.3 is 0 Å². The summed E-state index contributed by atoms with van der Waals surface area (Å²) in [4.78, 5) is 0. The lowest BCUT2D eigenvalue weighted by Gasteiger charge is -2.19. The minimum atomic E-state index is -3.38. The van der Waals surface area contributed by atoms with Gasteiger partial charge in [-0.05, 0) is 11.1 Å². The molecule has 102 valence electrons. The first-order valence-electron chi connectivity index (χ1n) is 5.90. The number of hydrogen-bond acceptors (Lipinski definition) is 4. The molecule has 0 aliphatic heterocycles. The lowest BCUT2D eigenvalue weighted by atomic mass is 10.1. The topological polar surface area (TPSA) is 83.6 Å². The summed E-state index contributed by atoms with van der Waals surface area (Å²) in [6, 6.07) is 7.23. The highest BCUT2D eigenvalue weighted by Crippen LogP contribution is 2.12. The number of benzene rings is 1. The number of hydrogen-bond donors (Lipinski definition) is 2. The molecule has 0 bridgehead atoms. The second kappa shape index (κ2) is 6.84. The molecule has 0 spiro atoms. The maximum atomic E-state index is 12.1. The fraction of sp³-hybridized carbons (Fsp3) is 0.500. The summed E-state index contributed by atoms with van der Waals surface area (Å²) in [5.74, 6) is -0.0608. The van der Waals surface area contributed by atoms with Crippen molar-refractivity contribution in [2.75, 3.05) is 19.7 Å². The quantitative estimate of drug-likeness (QED) is 0.747. The maximum absolute atomic E-state index is 12.1. The summed E-state index contributed by atoms with van der Waals surface area (Å²) in [5, 5.41) is 8.86. The molecule has 0 aliphatic rings. The molecule has 0 atom stereocenters. The van der Waals surface area contributed by atoms with Crippen molar-refractivity contribution in [1.82, 2.24) is 4.31 Å². The molecule has 0 fully saturated rings. The lowest BCUT2D eigenvalue weighted by molar-refractivity contribution is 0.257. The number of rotatable bonds is 7. The molecule has 0 amide bonds. The van der Waals surface area contributed by atoms with Gasteiger partial charge in [0.15, 0.2) is 0 Å². The second-order valence-corrected chi connectivity index (χ2v) is 5.96. The predicted molar refractivity (Wildman–Crippen MR) is 71.3 cm³/mol. The van der Waals surface area contributed by atoms with E-state index in [1.807, 2.05) is 6.07 Å². The fourth-order valence-corrected chi connectivity index (χ4v) is 3.29. The van der Waals surface area contributed by atoms with Crippen LogP contribution in [-0.4, -0.2) is 37.5 Å². The van der Waals surface area contributed by atoms with Crippen LogP contribution in [0.15, 0.2) is 24.3 Å². The van der Waals surface area contributed by atoms with E-state index in [1.54, 1.807) is 25.1 Å². The summed E-state index contributed by atoms with van der Waals surface area (Å²) in [6.07, 6.45) is 0. The molecule has 0 aliphatic carbocycles. The Balaban J connectivity index is 2.87. The zero-order valence-corrected chi connectivity index (χ0v) is 11.4. The van der Waals surface area contributed by atoms with Crippen molar-refractivity contribution in [3.05, 3.63) is 35.4 Å². The smallest absolute Gasteiger partial charge is 0.218 e. The van der Waals surface area contributed by atoms with Gasteiger partial charge in [0.2, 0.25) is 10.0 Å². The Morgan fingerprint density at radius 3 is 2.56 bits per heavy atom. The zero-order chi connectivity index (χ0) is 13.6. The molecule has 1 aromatic carbocycles. The van der Waals surface area contributed by atoms with E-state index in [1.165, 1.54) is 4.31 Å². The monoisotopic (exact) mass is 272 g/mol. The lowest BCUT2D eigenvalue weighted by Crippen LogP contribution is -2.34. The Hall–Kier alpha value is -0.950. The van der Waals surface area contributed by atoms with Crippen LogP contribution in [0.25, 0.3) is 0 Å². The van der Waals surface area contributed by atoms with Gasteiger partial charge < -0.3 is 10.8 Å². The Labute approximate surface area is 108 Å². The summed E-state index contributed by atoms with van der Waals surface area (Å²) in [7, 11) is -3.38. The number of aliphatic hydroxyl groups excluding tert-OH is 1. The molecule has 0 aromatic heterocycles. The minimum absolute atomic E-state index is 0.0608. The minimum Gasteiger partial charge on any atom is -0.395 e. The third kappa shape index (κ3) is 4.06. The van der Waals surface area contributed by atoms with Gasteiger partial charge in [-0.2, -0.15) is 4.31 Å². The second-order valence-electron chi connectivity index (χ2n) is 4.00. The fourth-order valence-electron chi connectivity index (χ4n) is 1.75. The van der Waals surface area contributed by atoms with Crippen LogP contribution < -0.4 is 5.73 Å². The first-order chi connectivity index (χ1) is 8.53. The first-order valence-corrected chi connectivity index (χ1v) is 7.51. The van der Waals surface area contributed by atoms with Crippen LogP contribution in [0.1, 0.15) is 18.1 Å². The van der Waals surface area contributed by atoms with Gasteiger partial charge in [-0.15, -0.1) is 0 Å². The SMILES string of the molecule is CCN(CCO)S(=O)(=O)Cc1cccc(CN)c1. The average molecular weight is 272 g/mol. The summed E-state index contributed by atoms with van der Waals surface area (Å²) in [6.45, 7) is 2.47. The van der Waals surface area contributed by atoms with E-state index in [-0.39, 0.29) is 18.9 Å². The Kier molecular flexibility index (Phi) is 5.74. The molecular weight excluding hydrogens is 252 g/mol. The van der Waals surface area contributed by atoms with E-state index >= 15 is 0 Å². The van der Waals surface area contributed by atoms with Crippen LogP contribution in [0.2, 0.25) is 0 Å². The molecule has 0 heterocycles. The van der Waals surface area contributed by atoms with Crippen molar-refractivity contribution in [1.29, 1.82) is 0 Å². The van der Waals surface area contributed by atoms with Crippen LogP contribution in [-0.2, 0) is 22.3 Å². The molecule has 0 radical (unpaired) electrons. The van der Waals surface area contributed by atoms with E-state index < -0.39 is 10.0 Å². The predicted octanol–water partition coefficient (Wildman–Crippen LogP) is 0.289. The van der Waals surface area contributed by atoms with Crippen LogP contribution in [0.5, 0.6) is 0 Å². The van der Waals surface area contributed by atoms with Crippen molar-refractivity contribution in [3.8, 4) is 0 Å². The van der Waals surface area contributed by atoms with Gasteiger partial charge in [0.1, 0.15) is 0 Å². The van der Waals surface area contributed by atoms with E-state index in [9.17, 15) is 8.42 Å². The van der Waals surface area contributed by atoms with Crippen LogP contribution in [0.4, 0.5) is 0 Å². The molecule has 18 heavy (non-hydrogen) atoms. The van der Waals surface area contributed by atoms with E-state index in [4.69, 9.17) is 10.8 Å². The van der Waals surface area contributed by atoms with Crippen LogP contribution >= 0.6 is 0 Å². The summed E-state index contributed by atoms with van der Waals surface area (Å²) >= 11 is 0. The molecule has 1 aromatic rings. The Morgan fingerprint density at radius 2 is 2.00 bits per heavy atom. The number of likely N-dealkylation sites (N-methyl/N-ethyl adjacent to an activating group) is 1. The number of aliphatic hydroxyl groups is 1. The normalized spacial score (nSPS) is 12.0. The van der Waals surface area contributed by atoms with Crippen LogP contribution in [0, 0.1) is 0 Å². The van der Waals surface area contributed by atoms with Gasteiger partial charge in [-0.3, -0.25) is 0 Å². The third-order valence-electron chi connectivity index (χ3n) is 2.67. The molecule has 3 N–H and O–H groups in total. The van der Waals surface area contributed by atoms with Gasteiger partial charge in [-0.1, -0.05) is 31.2 Å². The highest BCUT2D eigenvalue weighted by atomic mass is 32.2. The average Bonchev–Trinajstić information content (AvgIpc) is 2.35. The molecule has 1 rings (SSSR count). The molecular formula is C12H20N2O3S. The molecule has 0 saturated heterocycles. The van der Waals surface area contributed by atoms with Crippen LogP contribution in [0.3, 0.4) is 0 Å². The van der Waals surface area contributed by atoms with Crippen molar-refractivity contribution in [2.24, 2.45) is 5.73 Å². The van der Waals surface area contributed by atoms with Crippen molar-refractivity contribution in [3.63, 3.8) is 0 Å². The first kappa shape index (κ1) is 15.1. The third-order valence-corrected chi connectivity index (χ3v) is 4.60. The number of nitrogens with zero attached hydrogens (tertiary/aromatic N) is 1. The summed E-state index contributed by atoms with van der Waals surface area (Å²) < 4.78 is 25.5. The zero-order valence-electron chi connectivity index (χ0n) is 10.5. The Bertz CT molecular complexity index is 474.